The number of rotatable bonds is 6. The average Bonchev–Trinajstić information content (AvgIpc) is 2.79. The number of carbonyl (C=O) groups excluding carboxylic acids is 1. The van der Waals surface area contributed by atoms with Crippen LogP contribution in [0.4, 0.5) is 8.78 Å². The second-order valence-electron chi connectivity index (χ2n) is 8.55. The van der Waals surface area contributed by atoms with E-state index in [-0.39, 0.29) is 53.3 Å². The molecular formula is C25H26F2N4O2. The first-order chi connectivity index (χ1) is 15.9. The van der Waals surface area contributed by atoms with Crippen LogP contribution in [-0.2, 0) is 11.2 Å². The van der Waals surface area contributed by atoms with E-state index in [0.717, 1.165) is 36.1 Å². The van der Waals surface area contributed by atoms with E-state index in [4.69, 9.17) is 10.5 Å². The van der Waals surface area contributed by atoms with Gasteiger partial charge >= 0.3 is 0 Å². The van der Waals surface area contributed by atoms with E-state index < -0.39 is 11.6 Å². The lowest BCUT2D eigenvalue weighted by molar-refractivity contribution is 0.00970. The summed E-state index contributed by atoms with van der Waals surface area (Å²) < 4.78 is 33.9. The molecule has 0 spiro atoms. The van der Waals surface area contributed by atoms with E-state index >= 15 is 0 Å². The molecule has 4 atom stereocenters. The topological polar surface area (TPSA) is 91.0 Å². The van der Waals surface area contributed by atoms with Crippen LogP contribution in [0.2, 0.25) is 0 Å². The zero-order valence-corrected chi connectivity index (χ0v) is 18.5. The van der Waals surface area contributed by atoms with Gasteiger partial charge in [0.05, 0.1) is 11.7 Å². The molecule has 1 aromatic carbocycles. The number of hydrogen-bond acceptors (Lipinski definition) is 6. The number of nitrogens with zero attached hydrogens (tertiary/aromatic N) is 3. The molecule has 2 aromatic heterocycles. The van der Waals surface area contributed by atoms with Gasteiger partial charge in [0.25, 0.3) is 0 Å². The first kappa shape index (κ1) is 23.1. The standard InChI is InChI=1S/C25H26F2N4O2/c1-14-10-15(11-20(28)24(14)33-2)17-6-8-29-13-16(17)12-22(32)21-7-9-30-25(31-21)23-18(26)4-3-5-19(23)27/h3-9,13-15,20,24H,10-12,28H2,1-2H3/t14-,15+,20+,24-/m0/s1. The molecule has 0 saturated heterocycles. The maximum Gasteiger partial charge on any atom is 0.185 e. The lowest BCUT2D eigenvalue weighted by Gasteiger charge is -2.38. The van der Waals surface area contributed by atoms with Gasteiger partial charge in [-0.05, 0) is 60.1 Å². The highest BCUT2D eigenvalue weighted by atomic mass is 19.1. The monoisotopic (exact) mass is 452 g/mol. The number of aromatic nitrogens is 3. The number of ketones is 1. The lowest BCUT2D eigenvalue weighted by Crippen LogP contribution is -2.45. The van der Waals surface area contributed by atoms with Gasteiger partial charge in [-0.2, -0.15) is 0 Å². The predicted molar refractivity (Wildman–Crippen MR) is 120 cm³/mol. The van der Waals surface area contributed by atoms with Crippen molar-refractivity contribution >= 4 is 5.78 Å². The summed E-state index contributed by atoms with van der Waals surface area (Å²) in [5, 5.41) is 0. The van der Waals surface area contributed by atoms with Crippen molar-refractivity contribution < 1.29 is 18.3 Å². The quantitative estimate of drug-likeness (QED) is 0.567. The summed E-state index contributed by atoms with van der Waals surface area (Å²) in [6, 6.07) is 6.80. The van der Waals surface area contributed by atoms with E-state index in [1.807, 2.05) is 6.07 Å². The molecular weight excluding hydrogens is 426 g/mol. The number of pyridine rings is 1. The van der Waals surface area contributed by atoms with Crippen molar-refractivity contribution in [2.75, 3.05) is 7.11 Å². The Morgan fingerprint density at radius 2 is 1.91 bits per heavy atom. The van der Waals surface area contributed by atoms with Crippen LogP contribution in [0.15, 0.2) is 48.9 Å². The van der Waals surface area contributed by atoms with Crippen molar-refractivity contribution in [2.24, 2.45) is 11.7 Å². The number of carbonyl (C=O) groups is 1. The molecule has 8 heteroatoms. The maximum atomic E-state index is 14.2. The third kappa shape index (κ3) is 4.82. The van der Waals surface area contributed by atoms with Crippen LogP contribution < -0.4 is 5.73 Å². The molecule has 6 nitrogen and oxygen atoms in total. The number of hydrogen-bond donors (Lipinski definition) is 1. The van der Waals surface area contributed by atoms with E-state index in [1.54, 1.807) is 19.5 Å². The molecule has 1 fully saturated rings. The minimum Gasteiger partial charge on any atom is -0.380 e. The Balaban J connectivity index is 1.58. The van der Waals surface area contributed by atoms with E-state index in [9.17, 15) is 13.6 Å². The number of Topliss-reactive ketones (excluding diaryl/α,β-unsaturated/α-hetero) is 1. The van der Waals surface area contributed by atoms with Gasteiger partial charge in [-0.1, -0.05) is 13.0 Å². The average molecular weight is 453 g/mol. The molecule has 0 amide bonds. The number of ether oxygens (including phenoxy) is 1. The minimum absolute atomic E-state index is 0.00591. The largest absolute Gasteiger partial charge is 0.380 e. The fourth-order valence-electron chi connectivity index (χ4n) is 4.82. The molecule has 3 aromatic rings. The van der Waals surface area contributed by atoms with Crippen LogP contribution in [0.1, 0.15) is 47.3 Å². The Labute approximate surface area is 191 Å². The SMILES string of the molecule is CO[C@@H]1[C@H](N)C[C@H](c2ccncc2CC(=O)c2ccnc(-c3c(F)cccc3F)n2)C[C@@H]1C. The molecule has 0 bridgehead atoms. The highest BCUT2D eigenvalue weighted by molar-refractivity contribution is 5.96. The Morgan fingerprint density at radius 1 is 1.15 bits per heavy atom. The Kier molecular flexibility index (Phi) is 6.85. The normalized spacial score (nSPS) is 22.8. The molecule has 1 aliphatic rings. The van der Waals surface area contributed by atoms with Gasteiger partial charge in [-0.3, -0.25) is 9.78 Å². The van der Waals surface area contributed by atoms with Crippen molar-refractivity contribution in [3.8, 4) is 11.4 Å². The summed E-state index contributed by atoms with van der Waals surface area (Å²) in [5.41, 5.74) is 7.92. The summed E-state index contributed by atoms with van der Waals surface area (Å²) in [6.45, 7) is 2.12. The lowest BCUT2D eigenvalue weighted by atomic mass is 9.73. The van der Waals surface area contributed by atoms with Crippen molar-refractivity contribution in [2.45, 2.75) is 44.2 Å². The van der Waals surface area contributed by atoms with Crippen LogP contribution in [0.3, 0.4) is 0 Å². The van der Waals surface area contributed by atoms with Crippen LogP contribution >= 0.6 is 0 Å². The second kappa shape index (κ2) is 9.80. The highest BCUT2D eigenvalue weighted by Crippen LogP contribution is 2.38. The minimum atomic E-state index is -0.786. The van der Waals surface area contributed by atoms with Crippen LogP contribution in [-0.4, -0.2) is 40.0 Å². The molecule has 0 aliphatic heterocycles. The van der Waals surface area contributed by atoms with Crippen LogP contribution in [0.5, 0.6) is 0 Å². The molecule has 1 saturated carbocycles. The fraction of sp³-hybridized carbons (Fsp3) is 0.360. The molecule has 1 aliphatic carbocycles. The van der Waals surface area contributed by atoms with Crippen molar-refractivity contribution in [3.63, 3.8) is 0 Å². The third-order valence-corrected chi connectivity index (χ3v) is 6.33. The summed E-state index contributed by atoms with van der Waals surface area (Å²) in [6.07, 6.45) is 6.44. The molecule has 0 unspecified atom stereocenters. The zero-order chi connectivity index (χ0) is 23.5. The van der Waals surface area contributed by atoms with Gasteiger partial charge in [-0.25, -0.2) is 18.7 Å². The van der Waals surface area contributed by atoms with Gasteiger partial charge in [0.15, 0.2) is 11.6 Å². The molecule has 2 heterocycles. The first-order valence-electron chi connectivity index (χ1n) is 10.9. The molecule has 2 N–H and O–H groups in total. The Hall–Kier alpha value is -3.10. The molecule has 172 valence electrons. The number of nitrogens with two attached hydrogens (primary N) is 1. The van der Waals surface area contributed by atoms with E-state index in [1.165, 1.54) is 18.3 Å². The van der Waals surface area contributed by atoms with Crippen LogP contribution in [0, 0.1) is 17.6 Å². The maximum absolute atomic E-state index is 14.2. The third-order valence-electron chi connectivity index (χ3n) is 6.33. The van der Waals surface area contributed by atoms with Crippen molar-refractivity contribution in [3.05, 3.63) is 77.4 Å². The van der Waals surface area contributed by atoms with Crippen LogP contribution in [0.25, 0.3) is 11.4 Å². The highest BCUT2D eigenvalue weighted by Gasteiger charge is 2.35. The fourth-order valence-corrected chi connectivity index (χ4v) is 4.82. The number of benzene rings is 1. The van der Waals surface area contributed by atoms with Gasteiger partial charge < -0.3 is 10.5 Å². The Bertz CT molecular complexity index is 1120. The van der Waals surface area contributed by atoms with Gasteiger partial charge in [0.1, 0.15) is 17.3 Å². The number of halogens is 2. The van der Waals surface area contributed by atoms with Crippen molar-refractivity contribution in [1.29, 1.82) is 0 Å². The summed E-state index contributed by atoms with van der Waals surface area (Å²) in [7, 11) is 1.68. The first-order valence-corrected chi connectivity index (χ1v) is 10.9. The smallest absolute Gasteiger partial charge is 0.185 e. The summed E-state index contributed by atoms with van der Waals surface area (Å²) >= 11 is 0. The summed E-state index contributed by atoms with van der Waals surface area (Å²) in [4.78, 5) is 25.4. The summed E-state index contributed by atoms with van der Waals surface area (Å²) in [5.74, 6) is -1.56. The van der Waals surface area contributed by atoms with E-state index in [0.29, 0.717) is 0 Å². The van der Waals surface area contributed by atoms with Gasteiger partial charge in [-0.15, -0.1) is 0 Å². The Morgan fingerprint density at radius 3 is 2.61 bits per heavy atom. The van der Waals surface area contributed by atoms with Gasteiger partial charge in [0, 0.05) is 38.2 Å². The zero-order valence-electron chi connectivity index (χ0n) is 18.5. The molecule has 33 heavy (non-hydrogen) atoms. The molecule has 4 rings (SSSR count). The predicted octanol–water partition coefficient (Wildman–Crippen LogP) is 4.10. The van der Waals surface area contributed by atoms with Crippen molar-refractivity contribution in [1.82, 2.24) is 15.0 Å². The van der Waals surface area contributed by atoms with Gasteiger partial charge in [0.2, 0.25) is 0 Å². The second-order valence-corrected chi connectivity index (χ2v) is 8.55. The molecule has 0 radical (unpaired) electrons. The van der Waals surface area contributed by atoms with E-state index in [2.05, 4.69) is 21.9 Å². The number of methoxy groups -OCH3 is 1.